The van der Waals surface area contributed by atoms with Crippen LogP contribution in [0.4, 0.5) is 13.2 Å². The maximum Gasteiger partial charge on any atom is 0.416 e. The van der Waals surface area contributed by atoms with Crippen molar-refractivity contribution < 1.29 is 27.1 Å². The Bertz CT molecular complexity index is 926. The topological polar surface area (TPSA) is 70.8 Å². The summed E-state index contributed by atoms with van der Waals surface area (Å²) in [5.41, 5.74) is 0.0671. The van der Waals surface area contributed by atoms with Crippen molar-refractivity contribution in [3.8, 4) is 0 Å². The number of alkyl halides is 3. The maximum absolute atomic E-state index is 13.1. The van der Waals surface area contributed by atoms with E-state index < -0.39 is 11.7 Å². The number of carbonyl (C=O) groups is 1. The van der Waals surface area contributed by atoms with Crippen molar-refractivity contribution >= 4 is 5.91 Å². The molecule has 0 unspecified atom stereocenters. The number of benzene rings is 1. The van der Waals surface area contributed by atoms with Crippen molar-refractivity contribution in [2.45, 2.75) is 46.1 Å². The van der Waals surface area contributed by atoms with E-state index in [1.54, 1.807) is 6.07 Å². The van der Waals surface area contributed by atoms with Crippen molar-refractivity contribution in [3.63, 3.8) is 0 Å². The normalized spacial score (nSPS) is 16.2. The third-order valence-corrected chi connectivity index (χ3v) is 6.12. The molecule has 1 amide bonds. The molecule has 0 radical (unpaired) electrons. The smallest absolute Gasteiger partial charge is 0.416 e. The summed E-state index contributed by atoms with van der Waals surface area (Å²) in [6.07, 6.45) is -3.07. The molecule has 1 saturated heterocycles. The quantitative estimate of drug-likeness (QED) is 0.556. The molecular formula is C24H33F3N4O3. The molecule has 1 aliphatic heterocycles. The van der Waals surface area contributed by atoms with Crippen molar-refractivity contribution in [2.75, 3.05) is 39.4 Å². The highest BCUT2D eigenvalue weighted by molar-refractivity contribution is 5.91. The zero-order chi connectivity index (χ0) is 24.7. The summed E-state index contributed by atoms with van der Waals surface area (Å²) in [7, 11) is 0. The standard InChI is InChI=1S/C24H33F3N4O3/c1-17(2)18(3)31(14-19-5-4-6-20(13-19)24(25,26)27)15-22-29-21(16-34-22)23(32)28-7-8-30-9-11-33-12-10-30/h4-6,13,16-18H,7-12,14-15H2,1-3H3,(H,28,32)/t18-/m1/s1. The second-order valence-corrected chi connectivity index (χ2v) is 8.92. The van der Waals surface area contributed by atoms with Crippen LogP contribution in [0.3, 0.4) is 0 Å². The minimum absolute atomic E-state index is 0.0484. The summed E-state index contributed by atoms with van der Waals surface area (Å²) in [4.78, 5) is 21.0. The van der Waals surface area contributed by atoms with Gasteiger partial charge in [0.2, 0.25) is 5.89 Å². The number of oxazole rings is 1. The molecule has 34 heavy (non-hydrogen) atoms. The van der Waals surface area contributed by atoms with Gasteiger partial charge in [0.1, 0.15) is 6.26 Å². The molecule has 1 aromatic carbocycles. The summed E-state index contributed by atoms with van der Waals surface area (Å²) < 4.78 is 50.2. The number of ether oxygens (including phenoxy) is 1. The maximum atomic E-state index is 13.1. The zero-order valence-electron chi connectivity index (χ0n) is 19.9. The Labute approximate surface area is 198 Å². The predicted octanol–water partition coefficient (Wildman–Crippen LogP) is 3.80. The van der Waals surface area contributed by atoms with Gasteiger partial charge in [0.15, 0.2) is 5.69 Å². The molecule has 0 bridgehead atoms. The Morgan fingerprint density at radius 3 is 2.62 bits per heavy atom. The van der Waals surface area contributed by atoms with E-state index in [1.807, 2.05) is 25.7 Å². The number of aromatic nitrogens is 1. The third kappa shape index (κ3) is 7.54. The molecule has 10 heteroatoms. The van der Waals surface area contributed by atoms with Crippen molar-refractivity contribution in [3.05, 3.63) is 53.2 Å². The first-order chi connectivity index (χ1) is 16.1. The fourth-order valence-electron chi connectivity index (χ4n) is 3.75. The largest absolute Gasteiger partial charge is 0.447 e. The van der Waals surface area contributed by atoms with Crippen LogP contribution in [0.5, 0.6) is 0 Å². The van der Waals surface area contributed by atoms with Gasteiger partial charge in [-0.2, -0.15) is 13.2 Å². The molecule has 1 N–H and O–H groups in total. The van der Waals surface area contributed by atoms with Crippen molar-refractivity contribution in [2.24, 2.45) is 5.92 Å². The fourth-order valence-corrected chi connectivity index (χ4v) is 3.75. The molecule has 7 nitrogen and oxygen atoms in total. The Morgan fingerprint density at radius 1 is 1.21 bits per heavy atom. The zero-order valence-corrected chi connectivity index (χ0v) is 19.9. The van der Waals surface area contributed by atoms with Gasteiger partial charge in [0, 0.05) is 38.8 Å². The lowest BCUT2D eigenvalue weighted by molar-refractivity contribution is -0.137. The van der Waals surface area contributed by atoms with Crippen LogP contribution < -0.4 is 5.32 Å². The van der Waals surface area contributed by atoms with Crippen molar-refractivity contribution in [1.29, 1.82) is 0 Å². The third-order valence-electron chi connectivity index (χ3n) is 6.12. The second kappa shape index (κ2) is 11.8. The number of nitrogens with one attached hydrogen (secondary N) is 1. The molecule has 2 aromatic rings. The van der Waals surface area contributed by atoms with Crippen LogP contribution in [0.25, 0.3) is 0 Å². The molecule has 1 fully saturated rings. The SMILES string of the molecule is CC(C)[C@@H](C)N(Cc1cccc(C(F)(F)F)c1)Cc1nc(C(=O)NCCN2CCOCC2)co1. The van der Waals surface area contributed by atoms with Gasteiger partial charge in [0.25, 0.3) is 5.91 Å². The van der Waals surface area contributed by atoms with Gasteiger partial charge in [-0.05, 0) is 24.5 Å². The lowest BCUT2D eigenvalue weighted by Gasteiger charge is -2.31. The van der Waals surface area contributed by atoms with E-state index in [4.69, 9.17) is 9.15 Å². The van der Waals surface area contributed by atoms with Crippen LogP contribution in [-0.4, -0.2) is 66.1 Å². The Hall–Kier alpha value is -2.43. The van der Waals surface area contributed by atoms with E-state index in [0.29, 0.717) is 37.8 Å². The fraction of sp³-hybridized carbons (Fsp3) is 0.583. The van der Waals surface area contributed by atoms with Crippen LogP contribution in [-0.2, 0) is 24.0 Å². The molecule has 188 valence electrons. The molecule has 1 atom stereocenters. The van der Waals surface area contributed by atoms with Crippen LogP contribution >= 0.6 is 0 Å². The molecule has 2 heterocycles. The number of rotatable bonds is 10. The first-order valence-corrected chi connectivity index (χ1v) is 11.6. The Balaban J connectivity index is 1.61. The number of carbonyl (C=O) groups excluding carboxylic acids is 1. The van der Waals surface area contributed by atoms with Gasteiger partial charge in [-0.1, -0.05) is 32.0 Å². The molecule has 0 aliphatic carbocycles. The average Bonchev–Trinajstić information content (AvgIpc) is 3.27. The summed E-state index contributed by atoms with van der Waals surface area (Å²) in [5, 5.41) is 2.85. The van der Waals surface area contributed by atoms with Gasteiger partial charge in [0.05, 0.1) is 25.3 Å². The number of hydrogen-bond donors (Lipinski definition) is 1. The van der Waals surface area contributed by atoms with Gasteiger partial charge in [-0.25, -0.2) is 4.98 Å². The first-order valence-electron chi connectivity index (χ1n) is 11.6. The van der Waals surface area contributed by atoms with Crippen LogP contribution in [0.15, 0.2) is 34.9 Å². The van der Waals surface area contributed by atoms with E-state index >= 15 is 0 Å². The van der Waals surface area contributed by atoms with Gasteiger partial charge < -0.3 is 14.5 Å². The number of hydrogen-bond acceptors (Lipinski definition) is 6. The lowest BCUT2D eigenvalue weighted by Crippen LogP contribution is -2.41. The van der Waals surface area contributed by atoms with Crippen LogP contribution in [0, 0.1) is 5.92 Å². The highest BCUT2D eigenvalue weighted by Crippen LogP contribution is 2.30. The molecule has 0 spiro atoms. The summed E-state index contributed by atoms with van der Waals surface area (Å²) in [6.45, 7) is 11.0. The van der Waals surface area contributed by atoms with E-state index in [1.165, 1.54) is 18.4 Å². The van der Waals surface area contributed by atoms with Gasteiger partial charge >= 0.3 is 6.18 Å². The van der Waals surface area contributed by atoms with Crippen LogP contribution in [0.1, 0.15) is 48.3 Å². The van der Waals surface area contributed by atoms with E-state index in [9.17, 15) is 18.0 Å². The summed E-state index contributed by atoms with van der Waals surface area (Å²) in [5.74, 6) is 0.283. The molecule has 3 rings (SSSR count). The molecular weight excluding hydrogens is 449 g/mol. The minimum atomic E-state index is -4.39. The number of amides is 1. The summed E-state index contributed by atoms with van der Waals surface area (Å²) in [6, 6.07) is 5.38. The molecule has 0 saturated carbocycles. The Kier molecular flexibility index (Phi) is 9.10. The summed E-state index contributed by atoms with van der Waals surface area (Å²) >= 11 is 0. The molecule has 1 aliphatic rings. The first kappa shape index (κ1) is 26.2. The van der Waals surface area contributed by atoms with E-state index in [-0.39, 0.29) is 30.1 Å². The number of halogens is 3. The monoisotopic (exact) mass is 482 g/mol. The minimum Gasteiger partial charge on any atom is -0.447 e. The predicted molar refractivity (Wildman–Crippen MR) is 121 cm³/mol. The van der Waals surface area contributed by atoms with Gasteiger partial charge in [-0.3, -0.25) is 14.6 Å². The highest BCUT2D eigenvalue weighted by Gasteiger charge is 2.31. The average molecular weight is 483 g/mol. The van der Waals surface area contributed by atoms with Crippen molar-refractivity contribution in [1.82, 2.24) is 20.1 Å². The van der Waals surface area contributed by atoms with E-state index in [2.05, 4.69) is 15.2 Å². The van der Waals surface area contributed by atoms with Crippen LogP contribution in [0.2, 0.25) is 0 Å². The lowest BCUT2D eigenvalue weighted by atomic mass is 10.0. The second-order valence-electron chi connectivity index (χ2n) is 8.92. The van der Waals surface area contributed by atoms with E-state index in [0.717, 1.165) is 25.7 Å². The Morgan fingerprint density at radius 2 is 1.94 bits per heavy atom. The molecule has 1 aromatic heterocycles. The van der Waals surface area contributed by atoms with Gasteiger partial charge in [-0.15, -0.1) is 0 Å². The number of morpholine rings is 1. The number of nitrogens with zero attached hydrogens (tertiary/aromatic N) is 3. The highest BCUT2D eigenvalue weighted by atomic mass is 19.4.